The SMILES string of the molecule is CCCCOC(=O)c1ccc(NC(=O)C(=O)c2c(C)n(C)c3ccccc23)cc1. The maximum atomic E-state index is 12.8. The van der Waals surface area contributed by atoms with Gasteiger partial charge in [0.15, 0.2) is 0 Å². The van der Waals surface area contributed by atoms with Gasteiger partial charge >= 0.3 is 5.97 Å². The van der Waals surface area contributed by atoms with Crippen molar-refractivity contribution in [3.05, 3.63) is 65.4 Å². The fourth-order valence-electron chi connectivity index (χ4n) is 3.19. The smallest absolute Gasteiger partial charge is 0.338 e. The first-order valence-corrected chi connectivity index (χ1v) is 9.61. The van der Waals surface area contributed by atoms with Crippen molar-refractivity contribution in [2.75, 3.05) is 11.9 Å². The number of nitrogens with one attached hydrogen (secondary N) is 1. The van der Waals surface area contributed by atoms with Crippen molar-refractivity contribution in [1.82, 2.24) is 4.57 Å². The number of Topliss-reactive ketones (excluding diaryl/α,β-unsaturated/α-hetero) is 1. The molecular weight excluding hydrogens is 368 g/mol. The highest BCUT2D eigenvalue weighted by molar-refractivity contribution is 6.48. The molecule has 0 saturated heterocycles. The number of esters is 1. The zero-order valence-corrected chi connectivity index (χ0v) is 16.8. The summed E-state index contributed by atoms with van der Waals surface area (Å²) >= 11 is 0. The van der Waals surface area contributed by atoms with Crippen molar-refractivity contribution in [2.24, 2.45) is 7.05 Å². The summed E-state index contributed by atoms with van der Waals surface area (Å²) in [6, 6.07) is 13.8. The average Bonchev–Trinajstić information content (AvgIpc) is 2.98. The van der Waals surface area contributed by atoms with E-state index in [4.69, 9.17) is 4.74 Å². The predicted octanol–water partition coefficient (Wildman–Crippen LogP) is 4.27. The Balaban J connectivity index is 1.73. The summed E-state index contributed by atoms with van der Waals surface area (Å²) in [5.74, 6) is -1.72. The number of fused-ring (bicyclic) bond motifs is 1. The van der Waals surface area contributed by atoms with Crippen LogP contribution in [-0.2, 0) is 16.6 Å². The molecule has 0 aliphatic heterocycles. The van der Waals surface area contributed by atoms with E-state index < -0.39 is 17.7 Å². The van der Waals surface area contributed by atoms with E-state index in [-0.39, 0.29) is 0 Å². The Labute approximate surface area is 169 Å². The first-order valence-electron chi connectivity index (χ1n) is 9.61. The number of ether oxygens (including phenoxy) is 1. The fraction of sp³-hybridized carbons (Fsp3) is 0.261. The Morgan fingerprint density at radius 3 is 2.41 bits per heavy atom. The normalized spacial score (nSPS) is 10.7. The van der Waals surface area contributed by atoms with Crippen molar-refractivity contribution in [3.8, 4) is 0 Å². The molecule has 0 saturated carbocycles. The minimum Gasteiger partial charge on any atom is -0.462 e. The first-order chi connectivity index (χ1) is 13.9. The molecule has 0 aliphatic rings. The van der Waals surface area contributed by atoms with Crippen LogP contribution >= 0.6 is 0 Å². The third-order valence-electron chi connectivity index (χ3n) is 4.94. The van der Waals surface area contributed by atoms with Crippen molar-refractivity contribution in [2.45, 2.75) is 26.7 Å². The molecule has 150 valence electrons. The third-order valence-corrected chi connectivity index (χ3v) is 4.94. The summed E-state index contributed by atoms with van der Waals surface area (Å²) in [5.41, 5.74) is 2.86. The largest absolute Gasteiger partial charge is 0.462 e. The third kappa shape index (κ3) is 4.21. The quantitative estimate of drug-likeness (QED) is 0.282. The fourth-order valence-corrected chi connectivity index (χ4v) is 3.19. The van der Waals surface area contributed by atoms with Gasteiger partial charge in [-0.05, 0) is 43.7 Å². The van der Waals surface area contributed by atoms with Gasteiger partial charge in [0, 0.05) is 29.3 Å². The Kier molecular flexibility index (Phi) is 6.12. The average molecular weight is 392 g/mol. The van der Waals surface area contributed by atoms with Crippen LogP contribution < -0.4 is 5.32 Å². The molecule has 29 heavy (non-hydrogen) atoms. The molecule has 3 rings (SSSR count). The summed E-state index contributed by atoms with van der Waals surface area (Å²) in [6.07, 6.45) is 1.76. The van der Waals surface area contributed by atoms with Crippen LogP contribution in [0.25, 0.3) is 10.9 Å². The number of hydrogen-bond acceptors (Lipinski definition) is 4. The minimum absolute atomic E-state index is 0.382. The van der Waals surface area contributed by atoms with E-state index >= 15 is 0 Å². The van der Waals surface area contributed by atoms with E-state index in [1.165, 1.54) is 0 Å². The lowest BCUT2D eigenvalue weighted by Crippen LogP contribution is -2.23. The van der Waals surface area contributed by atoms with E-state index in [1.54, 1.807) is 24.3 Å². The predicted molar refractivity (Wildman–Crippen MR) is 112 cm³/mol. The Morgan fingerprint density at radius 2 is 1.72 bits per heavy atom. The van der Waals surface area contributed by atoms with Crippen LogP contribution in [0.5, 0.6) is 0 Å². The van der Waals surface area contributed by atoms with Gasteiger partial charge in [-0.1, -0.05) is 31.5 Å². The summed E-state index contributed by atoms with van der Waals surface area (Å²) in [7, 11) is 1.87. The van der Waals surface area contributed by atoms with Crippen LogP contribution in [0.1, 0.15) is 46.2 Å². The number of aryl methyl sites for hydroxylation is 1. The van der Waals surface area contributed by atoms with Gasteiger partial charge in [0.2, 0.25) is 0 Å². The number of carbonyl (C=O) groups excluding carboxylic acids is 3. The van der Waals surface area contributed by atoms with Gasteiger partial charge in [-0.3, -0.25) is 9.59 Å². The van der Waals surface area contributed by atoms with Crippen LogP contribution in [0.2, 0.25) is 0 Å². The molecule has 0 bridgehead atoms. The molecule has 1 amide bonds. The van der Waals surface area contributed by atoms with E-state index in [0.29, 0.717) is 23.4 Å². The van der Waals surface area contributed by atoms with Crippen LogP contribution in [0.15, 0.2) is 48.5 Å². The summed E-state index contributed by atoms with van der Waals surface area (Å²) in [6.45, 7) is 4.22. The second kappa shape index (κ2) is 8.73. The first kappa shape index (κ1) is 20.3. The number of benzene rings is 2. The number of rotatable bonds is 7. The molecule has 6 nitrogen and oxygen atoms in total. The van der Waals surface area contributed by atoms with Crippen molar-refractivity contribution < 1.29 is 19.1 Å². The lowest BCUT2D eigenvalue weighted by molar-refractivity contribution is -0.112. The monoisotopic (exact) mass is 392 g/mol. The highest BCUT2D eigenvalue weighted by Gasteiger charge is 2.24. The second-order valence-corrected chi connectivity index (χ2v) is 6.89. The van der Waals surface area contributed by atoms with Crippen molar-refractivity contribution in [1.29, 1.82) is 0 Å². The van der Waals surface area contributed by atoms with E-state index in [1.807, 2.05) is 49.7 Å². The van der Waals surface area contributed by atoms with Gasteiger partial charge in [-0.2, -0.15) is 0 Å². The molecule has 0 unspecified atom stereocenters. The number of para-hydroxylation sites is 1. The number of unbranched alkanes of at least 4 members (excludes halogenated alkanes) is 1. The van der Waals surface area contributed by atoms with Gasteiger partial charge in [0.05, 0.1) is 17.7 Å². The molecule has 0 radical (unpaired) electrons. The van der Waals surface area contributed by atoms with Gasteiger partial charge in [-0.15, -0.1) is 0 Å². The molecule has 0 atom stereocenters. The zero-order chi connectivity index (χ0) is 21.0. The number of nitrogens with zero attached hydrogens (tertiary/aromatic N) is 1. The highest BCUT2D eigenvalue weighted by atomic mass is 16.5. The molecule has 0 fully saturated rings. The van der Waals surface area contributed by atoms with Crippen molar-refractivity contribution >= 4 is 34.3 Å². The number of ketones is 1. The molecular formula is C23H24N2O4. The van der Waals surface area contributed by atoms with Crippen LogP contribution in [0.4, 0.5) is 5.69 Å². The van der Waals surface area contributed by atoms with Crippen molar-refractivity contribution in [3.63, 3.8) is 0 Å². The maximum Gasteiger partial charge on any atom is 0.338 e. The number of anilines is 1. The summed E-state index contributed by atoms with van der Waals surface area (Å²) in [4.78, 5) is 37.3. The van der Waals surface area contributed by atoms with Gasteiger partial charge in [0.1, 0.15) is 0 Å². The Morgan fingerprint density at radius 1 is 1.03 bits per heavy atom. The van der Waals surface area contributed by atoms with Crippen LogP contribution in [0.3, 0.4) is 0 Å². The van der Waals surface area contributed by atoms with Crippen LogP contribution in [0, 0.1) is 6.92 Å². The van der Waals surface area contributed by atoms with E-state index in [9.17, 15) is 14.4 Å². The topological polar surface area (TPSA) is 77.4 Å². The molecule has 0 aliphatic carbocycles. The summed E-state index contributed by atoms with van der Waals surface area (Å²) in [5, 5.41) is 3.36. The molecule has 1 heterocycles. The number of hydrogen-bond donors (Lipinski definition) is 1. The molecule has 1 aromatic heterocycles. The molecule has 3 aromatic rings. The molecule has 0 spiro atoms. The van der Waals surface area contributed by atoms with E-state index in [0.717, 1.165) is 29.4 Å². The molecule has 6 heteroatoms. The van der Waals surface area contributed by atoms with E-state index in [2.05, 4.69) is 5.32 Å². The van der Waals surface area contributed by atoms with Gasteiger partial charge in [0.25, 0.3) is 11.7 Å². The Hall–Kier alpha value is -3.41. The maximum absolute atomic E-state index is 12.8. The second-order valence-electron chi connectivity index (χ2n) is 6.89. The molecule has 1 N–H and O–H groups in total. The lowest BCUT2D eigenvalue weighted by Gasteiger charge is -2.07. The van der Waals surface area contributed by atoms with Crippen LogP contribution in [-0.4, -0.2) is 28.8 Å². The summed E-state index contributed by atoms with van der Waals surface area (Å²) < 4.78 is 7.06. The van der Waals surface area contributed by atoms with Gasteiger partial charge in [-0.25, -0.2) is 4.79 Å². The zero-order valence-electron chi connectivity index (χ0n) is 16.8. The van der Waals surface area contributed by atoms with Gasteiger partial charge < -0.3 is 14.6 Å². The lowest BCUT2D eigenvalue weighted by atomic mass is 10.1. The number of aromatic nitrogens is 1. The molecule has 2 aromatic carbocycles. The number of amides is 1. The minimum atomic E-state index is -0.720. The number of carbonyl (C=O) groups is 3. The highest BCUT2D eigenvalue weighted by Crippen LogP contribution is 2.25. The standard InChI is InChI=1S/C23H24N2O4/c1-4-5-14-29-23(28)16-10-12-17(13-11-16)24-22(27)21(26)20-15(2)25(3)19-9-7-6-8-18(19)20/h6-13H,4-5,14H2,1-3H3,(H,24,27). The Bertz CT molecular complexity index is 1060.